The summed E-state index contributed by atoms with van der Waals surface area (Å²) in [6.45, 7) is 6.90. The van der Waals surface area contributed by atoms with E-state index in [0.29, 0.717) is 6.04 Å². The molecule has 3 heteroatoms. The average molecular weight is 172 g/mol. The molecule has 1 aliphatic heterocycles. The highest BCUT2D eigenvalue weighted by Gasteiger charge is 2.22. The van der Waals surface area contributed by atoms with E-state index in [1.165, 1.54) is 0 Å². The van der Waals surface area contributed by atoms with Crippen molar-refractivity contribution >= 4 is 0 Å². The Hall–Kier alpha value is -0.120. The van der Waals surface area contributed by atoms with Crippen LogP contribution in [0.2, 0.25) is 0 Å². The van der Waals surface area contributed by atoms with Gasteiger partial charge in [0.15, 0.2) is 0 Å². The zero-order valence-electron chi connectivity index (χ0n) is 8.30. The topological polar surface area (TPSA) is 35.5 Å². The van der Waals surface area contributed by atoms with Gasteiger partial charge in [0, 0.05) is 25.7 Å². The quantitative estimate of drug-likeness (QED) is 0.629. The first-order valence-corrected chi connectivity index (χ1v) is 4.62. The molecule has 0 atom stereocenters. The molecule has 72 valence electrons. The predicted octanol–water partition coefficient (Wildman–Crippen LogP) is 0.0510. The van der Waals surface area contributed by atoms with Crippen molar-refractivity contribution in [3.63, 3.8) is 0 Å². The molecule has 0 saturated carbocycles. The van der Waals surface area contributed by atoms with Crippen LogP contribution in [0.4, 0.5) is 0 Å². The van der Waals surface area contributed by atoms with Crippen LogP contribution in [-0.2, 0) is 0 Å². The lowest BCUT2D eigenvalue weighted by molar-refractivity contribution is 0.0512. The molecule has 0 spiro atoms. The van der Waals surface area contributed by atoms with Gasteiger partial charge in [-0.25, -0.2) is 0 Å². The molecule has 1 aliphatic rings. The summed E-state index contributed by atoms with van der Waals surface area (Å²) in [6, 6.07) is 0.687. The van der Waals surface area contributed by atoms with Gasteiger partial charge in [-0.05, 0) is 27.3 Å². The number of likely N-dealkylation sites (N-methyl/N-ethyl adjacent to an activating group) is 1. The molecule has 0 unspecified atom stereocenters. The molecule has 2 N–H and O–H groups in total. The molecular formula is C9H20N2O. The summed E-state index contributed by atoms with van der Waals surface area (Å²) in [5, 5.41) is 12.7. The minimum atomic E-state index is -0.522. The van der Waals surface area contributed by atoms with Crippen LogP contribution in [-0.4, -0.2) is 48.3 Å². The van der Waals surface area contributed by atoms with Crippen molar-refractivity contribution in [3.05, 3.63) is 0 Å². The third-order valence-electron chi connectivity index (χ3n) is 2.46. The molecule has 0 radical (unpaired) electrons. The van der Waals surface area contributed by atoms with Gasteiger partial charge in [-0.3, -0.25) is 0 Å². The van der Waals surface area contributed by atoms with E-state index in [4.69, 9.17) is 0 Å². The number of hydrogen-bond donors (Lipinski definition) is 2. The summed E-state index contributed by atoms with van der Waals surface area (Å²) in [5.74, 6) is 0. The van der Waals surface area contributed by atoms with Crippen molar-refractivity contribution in [1.29, 1.82) is 0 Å². The van der Waals surface area contributed by atoms with Gasteiger partial charge >= 0.3 is 0 Å². The molecule has 1 fully saturated rings. The largest absolute Gasteiger partial charge is 0.390 e. The minimum Gasteiger partial charge on any atom is -0.390 e. The predicted molar refractivity (Wildman–Crippen MR) is 50.2 cm³/mol. The summed E-state index contributed by atoms with van der Waals surface area (Å²) < 4.78 is 0. The van der Waals surface area contributed by atoms with Crippen molar-refractivity contribution in [3.8, 4) is 0 Å². The maximum absolute atomic E-state index is 9.50. The lowest BCUT2D eigenvalue weighted by atomic mass is 10.0. The second-order valence-electron chi connectivity index (χ2n) is 4.36. The van der Waals surface area contributed by atoms with Crippen LogP contribution in [0.15, 0.2) is 0 Å². The van der Waals surface area contributed by atoms with Crippen LogP contribution in [0.3, 0.4) is 0 Å². The number of rotatable bonds is 4. The zero-order valence-corrected chi connectivity index (χ0v) is 8.30. The van der Waals surface area contributed by atoms with Gasteiger partial charge in [0.2, 0.25) is 0 Å². The van der Waals surface area contributed by atoms with E-state index in [1.807, 2.05) is 13.8 Å². The van der Waals surface area contributed by atoms with Crippen LogP contribution in [0.25, 0.3) is 0 Å². The standard InChI is InChI=1S/C9H20N2O/c1-9(2,12)4-5-11(3)8-6-10-7-8/h8,10,12H,4-7H2,1-3H3. The Morgan fingerprint density at radius 1 is 1.50 bits per heavy atom. The van der Waals surface area contributed by atoms with E-state index >= 15 is 0 Å². The van der Waals surface area contributed by atoms with Crippen LogP contribution in [0.5, 0.6) is 0 Å². The number of aliphatic hydroxyl groups is 1. The number of nitrogens with one attached hydrogen (secondary N) is 1. The van der Waals surface area contributed by atoms with Gasteiger partial charge in [0.25, 0.3) is 0 Å². The first-order chi connectivity index (χ1) is 5.49. The second kappa shape index (κ2) is 3.73. The summed E-state index contributed by atoms with van der Waals surface area (Å²) >= 11 is 0. The van der Waals surface area contributed by atoms with E-state index < -0.39 is 5.60 Å². The molecule has 0 bridgehead atoms. The van der Waals surface area contributed by atoms with Crippen molar-refractivity contribution in [1.82, 2.24) is 10.2 Å². The van der Waals surface area contributed by atoms with Crippen LogP contribution in [0.1, 0.15) is 20.3 Å². The van der Waals surface area contributed by atoms with Crippen LogP contribution >= 0.6 is 0 Å². The van der Waals surface area contributed by atoms with E-state index in [0.717, 1.165) is 26.1 Å². The summed E-state index contributed by atoms with van der Waals surface area (Å²) in [7, 11) is 2.12. The third kappa shape index (κ3) is 3.09. The fourth-order valence-electron chi connectivity index (χ4n) is 1.22. The van der Waals surface area contributed by atoms with Crippen molar-refractivity contribution in [2.24, 2.45) is 0 Å². The van der Waals surface area contributed by atoms with Crippen LogP contribution in [0, 0.1) is 0 Å². The molecule has 12 heavy (non-hydrogen) atoms. The highest BCUT2D eigenvalue weighted by atomic mass is 16.3. The van der Waals surface area contributed by atoms with Gasteiger partial charge in [0.1, 0.15) is 0 Å². The van der Waals surface area contributed by atoms with Crippen molar-refractivity contribution < 1.29 is 5.11 Å². The molecule has 0 aromatic carbocycles. The average Bonchev–Trinajstić information content (AvgIpc) is 1.78. The third-order valence-corrected chi connectivity index (χ3v) is 2.46. The molecule has 1 saturated heterocycles. The fourth-order valence-corrected chi connectivity index (χ4v) is 1.22. The first kappa shape index (κ1) is 9.96. The van der Waals surface area contributed by atoms with Gasteiger partial charge in [0.05, 0.1) is 5.60 Å². The number of nitrogens with zero attached hydrogens (tertiary/aromatic N) is 1. The summed E-state index contributed by atoms with van der Waals surface area (Å²) in [5.41, 5.74) is -0.522. The Labute approximate surface area is 74.8 Å². The molecule has 0 aromatic rings. The highest BCUT2D eigenvalue weighted by Crippen LogP contribution is 2.10. The summed E-state index contributed by atoms with van der Waals surface area (Å²) in [6.07, 6.45) is 0.847. The van der Waals surface area contributed by atoms with Crippen LogP contribution < -0.4 is 5.32 Å². The molecule has 1 heterocycles. The molecule has 0 amide bonds. The molecule has 0 aliphatic carbocycles. The van der Waals surface area contributed by atoms with E-state index in [9.17, 15) is 5.11 Å². The van der Waals surface area contributed by atoms with Gasteiger partial charge in [-0.2, -0.15) is 0 Å². The Morgan fingerprint density at radius 3 is 2.42 bits per heavy atom. The lowest BCUT2D eigenvalue weighted by Crippen LogP contribution is -2.56. The Bertz CT molecular complexity index is 138. The SMILES string of the molecule is CN(CCC(C)(C)O)C1CNC1. The maximum atomic E-state index is 9.50. The Kier molecular flexibility index (Phi) is 3.09. The first-order valence-electron chi connectivity index (χ1n) is 4.62. The lowest BCUT2D eigenvalue weighted by Gasteiger charge is -2.36. The highest BCUT2D eigenvalue weighted by molar-refractivity contribution is 4.83. The molecular weight excluding hydrogens is 152 g/mol. The second-order valence-corrected chi connectivity index (χ2v) is 4.36. The van der Waals surface area contributed by atoms with Gasteiger partial charge < -0.3 is 15.3 Å². The number of hydrogen-bond acceptors (Lipinski definition) is 3. The normalized spacial score (nSPS) is 19.8. The van der Waals surface area contributed by atoms with Gasteiger partial charge in [-0.1, -0.05) is 0 Å². The van der Waals surface area contributed by atoms with E-state index in [2.05, 4.69) is 17.3 Å². The smallest absolute Gasteiger partial charge is 0.0603 e. The summed E-state index contributed by atoms with van der Waals surface area (Å²) in [4.78, 5) is 2.31. The monoisotopic (exact) mass is 172 g/mol. The minimum absolute atomic E-state index is 0.522. The van der Waals surface area contributed by atoms with E-state index in [-0.39, 0.29) is 0 Å². The van der Waals surface area contributed by atoms with Gasteiger partial charge in [-0.15, -0.1) is 0 Å². The zero-order chi connectivity index (χ0) is 9.19. The van der Waals surface area contributed by atoms with Crippen molar-refractivity contribution in [2.45, 2.75) is 31.9 Å². The fraction of sp³-hybridized carbons (Fsp3) is 1.00. The van der Waals surface area contributed by atoms with Crippen molar-refractivity contribution in [2.75, 3.05) is 26.7 Å². The Balaban J connectivity index is 2.13. The van der Waals surface area contributed by atoms with E-state index in [1.54, 1.807) is 0 Å². The maximum Gasteiger partial charge on any atom is 0.0603 e. The molecule has 0 aromatic heterocycles. The molecule has 3 nitrogen and oxygen atoms in total. The Morgan fingerprint density at radius 2 is 2.08 bits per heavy atom. The molecule has 1 rings (SSSR count).